The molecule has 0 spiro atoms. The molecule has 3 rings (SSSR count). The lowest BCUT2D eigenvalue weighted by molar-refractivity contribution is -0.141. The van der Waals surface area contributed by atoms with Gasteiger partial charge in [0.25, 0.3) is 0 Å². The summed E-state index contributed by atoms with van der Waals surface area (Å²) in [5.41, 5.74) is 0. The van der Waals surface area contributed by atoms with E-state index in [-0.39, 0.29) is 6.04 Å². The number of aryl methyl sites for hydroxylation is 1. The minimum Gasteiger partial charge on any atom is -0.480 e. The quantitative estimate of drug-likeness (QED) is 0.912. The van der Waals surface area contributed by atoms with Gasteiger partial charge in [-0.05, 0) is 38.8 Å². The van der Waals surface area contributed by atoms with Gasteiger partial charge in [0.2, 0.25) is 0 Å². The van der Waals surface area contributed by atoms with Crippen molar-refractivity contribution in [3.8, 4) is 0 Å². The van der Waals surface area contributed by atoms with Crippen molar-refractivity contribution in [3.05, 3.63) is 11.6 Å². The summed E-state index contributed by atoms with van der Waals surface area (Å²) in [5, 5.41) is 13.9. The van der Waals surface area contributed by atoms with Gasteiger partial charge in [-0.3, -0.25) is 4.90 Å². The van der Waals surface area contributed by atoms with Gasteiger partial charge in [0.05, 0.1) is 6.04 Å². The van der Waals surface area contributed by atoms with E-state index in [0.717, 1.165) is 44.0 Å². The summed E-state index contributed by atoms with van der Waals surface area (Å²) in [4.78, 5) is 18.4. The lowest BCUT2D eigenvalue weighted by Crippen LogP contribution is -2.34. The minimum atomic E-state index is -0.793. The van der Waals surface area contributed by atoms with Crippen LogP contribution < -0.4 is 0 Å². The molecule has 1 N–H and O–H groups in total. The molecule has 2 unspecified atom stereocenters. The van der Waals surface area contributed by atoms with E-state index in [1.165, 1.54) is 12.8 Å². The molecule has 0 amide bonds. The van der Waals surface area contributed by atoms with E-state index in [1.54, 1.807) is 4.68 Å². The number of likely N-dealkylation sites (tertiary alicyclic amines) is 1. The molecule has 2 aliphatic heterocycles. The van der Waals surface area contributed by atoms with Crippen molar-refractivity contribution in [3.63, 3.8) is 0 Å². The number of carbonyl (C=O) groups is 1. The van der Waals surface area contributed by atoms with Crippen LogP contribution in [0.1, 0.15) is 62.8 Å². The molecule has 20 heavy (non-hydrogen) atoms. The maximum atomic E-state index is 11.3. The molecule has 0 bridgehead atoms. The van der Waals surface area contributed by atoms with Gasteiger partial charge in [0.15, 0.2) is 11.9 Å². The van der Waals surface area contributed by atoms with Crippen molar-refractivity contribution in [1.29, 1.82) is 0 Å². The van der Waals surface area contributed by atoms with Crippen molar-refractivity contribution < 1.29 is 9.90 Å². The van der Waals surface area contributed by atoms with Crippen LogP contribution in [0.5, 0.6) is 0 Å². The van der Waals surface area contributed by atoms with E-state index in [0.29, 0.717) is 6.42 Å². The molecule has 1 aromatic rings. The Morgan fingerprint density at radius 3 is 2.95 bits per heavy atom. The van der Waals surface area contributed by atoms with Gasteiger partial charge in [0.1, 0.15) is 5.82 Å². The molecule has 0 aromatic carbocycles. The number of carboxylic acid groups (broad SMARTS) is 1. The number of hydrogen-bond donors (Lipinski definition) is 1. The number of carboxylic acids is 1. The molecule has 1 saturated heterocycles. The molecule has 2 aliphatic rings. The predicted molar refractivity (Wildman–Crippen MR) is 73.5 cm³/mol. The third-order valence-electron chi connectivity index (χ3n) is 4.49. The summed E-state index contributed by atoms with van der Waals surface area (Å²) >= 11 is 0. The van der Waals surface area contributed by atoms with Crippen molar-refractivity contribution in [1.82, 2.24) is 19.7 Å². The zero-order chi connectivity index (χ0) is 14.1. The summed E-state index contributed by atoms with van der Waals surface area (Å²) in [7, 11) is 0. The van der Waals surface area contributed by atoms with Crippen LogP contribution in [0, 0.1) is 0 Å². The van der Waals surface area contributed by atoms with Crippen LogP contribution in [0.2, 0.25) is 0 Å². The van der Waals surface area contributed by atoms with Gasteiger partial charge < -0.3 is 5.11 Å². The van der Waals surface area contributed by atoms with Crippen LogP contribution in [0.3, 0.4) is 0 Å². The number of fused-ring (bicyclic) bond motifs is 1. The summed E-state index contributed by atoms with van der Waals surface area (Å²) in [6.07, 6.45) is 5.90. The fourth-order valence-corrected chi connectivity index (χ4v) is 3.40. The molecule has 1 aromatic heterocycles. The van der Waals surface area contributed by atoms with Crippen LogP contribution in [0.15, 0.2) is 0 Å². The molecule has 110 valence electrons. The molecule has 3 heterocycles. The summed E-state index contributed by atoms with van der Waals surface area (Å²) in [6.45, 7) is 4.25. The van der Waals surface area contributed by atoms with E-state index >= 15 is 0 Å². The first-order chi connectivity index (χ1) is 9.70. The lowest BCUT2D eigenvalue weighted by Gasteiger charge is -2.32. The number of aromatic nitrogens is 3. The average molecular weight is 278 g/mol. The Hall–Kier alpha value is -1.43. The number of nitrogens with zero attached hydrogens (tertiary/aromatic N) is 4. The highest BCUT2D eigenvalue weighted by Crippen LogP contribution is 2.31. The molecular formula is C14H22N4O2. The van der Waals surface area contributed by atoms with Crippen LogP contribution >= 0.6 is 0 Å². The Kier molecular flexibility index (Phi) is 3.74. The van der Waals surface area contributed by atoms with Crippen molar-refractivity contribution in [2.45, 2.75) is 57.5 Å². The third-order valence-corrected chi connectivity index (χ3v) is 4.49. The van der Waals surface area contributed by atoms with Crippen molar-refractivity contribution in [2.24, 2.45) is 0 Å². The van der Waals surface area contributed by atoms with Gasteiger partial charge >= 0.3 is 5.97 Å². The molecular weight excluding hydrogens is 256 g/mol. The number of aliphatic carboxylic acids is 1. The van der Waals surface area contributed by atoms with E-state index < -0.39 is 12.0 Å². The highest BCUT2D eigenvalue weighted by atomic mass is 16.4. The number of rotatable bonds is 3. The molecule has 0 radical (unpaired) electrons. The van der Waals surface area contributed by atoms with E-state index in [1.807, 2.05) is 0 Å². The van der Waals surface area contributed by atoms with E-state index in [9.17, 15) is 9.90 Å². The van der Waals surface area contributed by atoms with Gasteiger partial charge in [-0.2, -0.15) is 5.10 Å². The van der Waals surface area contributed by atoms with E-state index in [4.69, 9.17) is 0 Å². The Bertz CT molecular complexity index is 499. The van der Waals surface area contributed by atoms with Gasteiger partial charge in [-0.1, -0.05) is 13.3 Å². The largest absolute Gasteiger partial charge is 0.480 e. The minimum absolute atomic E-state index is 0.265. The Morgan fingerprint density at radius 1 is 1.35 bits per heavy atom. The normalized spacial score (nSPS) is 27.2. The van der Waals surface area contributed by atoms with Gasteiger partial charge in [-0.25, -0.2) is 14.5 Å². The highest BCUT2D eigenvalue weighted by molar-refractivity contribution is 5.71. The maximum Gasteiger partial charge on any atom is 0.328 e. The first kappa shape index (κ1) is 13.5. The molecule has 1 fully saturated rings. The highest BCUT2D eigenvalue weighted by Gasteiger charge is 2.32. The molecule has 0 aliphatic carbocycles. The molecule has 2 atom stereocenters. The fraction of sp³-hybridized carbons (Fsp3) is 0.786. The molecule has 0 saturated carbocycles. The second-order valence-electron chi connectivity index (χ2n) is 5.72. The first-order valence-electron chi connectivity index (χ1n) is 7.63. The zero-order valence-corrected chi connectivity index (χ0v) is 12.0. The van der Waals surface area contributed by atoms with Gasteiger partial charge in [0, 0.05) is 6.42 Å². The smallest absolute Gasteiger partial charge is 0.328 e. The zero-order valence-electron chi connectivity index (χ0n) is 12.0. The van der Waals surface area contributed by atoms with Crippen molar-refractivity contribution in [2.75, 3.05) is 13.1 Å². The first-order valence-corrected chi connectivity index (χ1v) is 7.63. The average Bonchev–Trinajstić information content (AvgIpc) is 2.90. The van der Waals surface area contributed by atoms with Crippen LogP contribution in [-0.2, 0) is 11.2 Å². The van der Waals surface area contributed by atoms with E-state index in [2.05, 4.69) is 21.9 Å². The number of hydrogen-bond acceptors (Lipinski definition) is 4. The monoisotopic (exact) mass is 278 g/mol. The second kappa shape index (κ2) is 5.52. The predicted octanol–water partition coefficient (Wildman–Crippen LogP) is 1.79. The topological polar surface area (TPSA) is 71.2 Å². The Morgan fingerprint density at radius 2 is 2.20 bits per heavy atom. The fourth-order valence-electron chi connectivity index (χ4n) is 3.40. The Balaban J connectivity index is 1.90. The van der Waals surface area contributed by atoms with Crippen LogP contribution in [-0.4, -0.2) is 43.8 Å². The summed E-state index contributed by atoms with van der Waals surface area (Å²) < 4.78 is 1.66. The maximum absolute atomic E-state index is 11.3. The lowest BCUT2D eigenvalue weighted by atomic mass is 10.0. The second-order valence-corrected chi connectivity index (χ2v) is 5.72. The van der Waals surface area contributed by atoms with Gasteiger partial charge in [-0.15, -0.1) is 0 Å². The summed E-state index contributed by atoms with van der Waals surface area (Å²) in [5.74, 6) is 0.883. The van der Waals surface area contributed by atoms with Crippen molar-refractivity contribution >= 4 is 5.97 Å². The van der Waals surface area contributed by atoms with Crippen LogP contribution in [0.25, 0.3) is 0 Å². The molecule has 6 heteroatoms. The summed E-state index contributed by atoms with van der Waals surface area (Å²) in [6, 6.07) is -0.264. The SMILES string of the molecule is CCN1CCCCC1c1nc2n(n1)C(C(=O)O)CCC2. The molecule has 6 nitrogen and oxygen atoms in total. The Labute approximate surface area is 118 Å². The standard InChI is InChI=1S/C14H22N4O2/c1-2-17-9-4-3-6-10(17)13-15-12-8-5-7-11(14(19)20)18(12)16-13/h10-11H,2-9H2,1H3,(H,19,20). The van der Waals surface area contributed by atoms with Crippen LogP contribution in [0.4, 0.5) is 0 Å². The number of piperidine rings is 1. The third kappa shape index (κ3) is 2.32.